The van der Waals surface area contributed by atoms with E-state index in [0.717, 1.165) is 12.7 Å². The summed E-state index contributed by atoms with van der Waals surface area (Å²) in [5.41, 5.74) is 6.17. The van der Waals surface area contributed by atoms with Crippen molar-refractivity contribution in [2.24, 2.45) is 5.73 Å². The Morgan fingerprint density at radius 3 is 2.27 bits per heavy atom. The number of carboxylic acids is 1. The van der Waals surface area contributed by atoms with Crippen LogP contribution in [0.2, 0.25) is 0 Å². The van der Waals surface area contributed by atoms with Gasteiger partial charge in [-0.2, -0.15) is 0 Å². The van der Waals surface area contributed by atoms with Gasteiger partial charge in [0.15, 0.2) is 5.00 Å². The van der Waals surface area contributed by atoms with Crippen molar-refractivity contribution >= 4 is 17.6 Å². The second-order valence-corrected chi connectivity index (χ2v) is 3.50. The molecule has 0 aliphatic heterocycles. The molecule has 5 heteroatoms. The van der Waals surface area contributed by atoms with Crippen LogP contribution in [-0.4, -0.2) is 28.3 Å². The predicted molar refractivity (Wildman–Crippen MR) is 58.7 cm³/mol. The maximum absolute atomic E-state index is 10.6. The molecule has 0 saturated heterocycles. The zero-order valence-corrected chi connectivity index (χ0v) is 9.11. The van der Waals surface area contributed by atoms with Crippen molar-refractivity contribution in [3.8, 4) is 0 Å². The van der Waals surface area contributed by atoms with E-state index in [-0.39, 0.29) is 6.42 Å². The van der Waals surface area contributed by atoms with Crippen LogP contribution in [0.3, 0.4) is 0 Å². The van der Waals surface area contributed by atoms with Crippen molar-refractivity contribution in [3.63, 3.8) is 0 Å². The lowest BCUT2D eigenvalue weighted by molar-refractivity contribution is -0.140. The average Bonchev–Trinajstić information content (AvgIpc) is 2.21. The minimum absolute atomic E-state index is 0.116. The number of aliphatic hydroxyl groups is 1. The van der Waals surface area contributed by atoms with Crippen LogP contribution >= 0.6 is 11.6 Å². The Labute approximate surface area is 93.3 Å². The van der Waals surface area contributed by atoms with Gasteiger partial charge in [0.2, 0.25) is 0 Å². The monoisotopic (exact) mass is 231 g/mol. The van der Waals surface area contributed by atoms with Gasteiger partial charge in [0, 0.05) is 13.5 Å². The van der Waals surface area contributed by atoms with E-state index in [0.29, 0.717) is 0 Å². The number of nitrogens with two attached hydrogens (primary N) is 1. The molecule has 1 aromatic carbocycles. The van der Waals surface area contributed by atoms with Crippen LogP contribution in [0.4, 0.5) is 0 Å². The molecule has 0 aliphatic carbocycles. The van der Waals surface area contributed by atoms with Crippen LogP contribution in [0.5, 0.6) is 0 Å². The van der Waals surface area contributed by atoms with Crippen LogP contribution in [-0.2, 0) is 11.2 Å². The van der Waals surface area contributed by atoms with Crippen LogP contribution in [0, 0.1) is 0 Å². The van der Waals surface area contributed by atoms with Gasteiger partial charge >= 0.3 is 5.97 Å². The fourth-order valence-electron chi connectivity index (χ4n) is 0.969. The fraction of sp³-hybridized carbons (Fsp3) is 0.300. The maximum Gasteiger partial charge on any atom is 0.339 e. The lowest BCUT2D eigenvalue weighted by atomic mass is 10.1. The van der Waals surface area contributed by atoms with E-state index in [1.165, 1.54) is 0 Å². The van der Waals surface area contributed by atoms with Gasteiger partial charge in [0.05, 0.1) is 0 Å². The summed E-state index contributed by atoms with van der Waals surface area (Å²) < 4.78 is 0. The Hall–Kier alpha value is -1.10. The van der Waals surface area contributed by atoms with E-state index in [9.17, 15) is 4.79 Å². The van der Waals surface area contributed by atoms with E-state index >= 15 is 0 Å². The van der Waals surface area contributed by atoms with Crippen molar-refractivity contribution in [1.29, 1.82) is 0 Å². The van der Waals surface area contributed by atoms with Crippen molar-refractivity contribution in [3.05, 3.63) is 35.9 Å². The zero-order valence-electron chi connectivity index (χ0n) is 8.35. The molecule has 0 heterocycles. The summed E-state index contributed by atoms with van der Waals surface area (Å²) in [4.78, 5) is 8.86. The summed E-state index contributed by atoms with van der Waals surface area (Å²) in [6.45, 7) is 0. The van der Waals surface area contributed by atoms with E-state index < -0.39 is 11.0 Å². The standard InChI is InChI=1S/C9H10ClNO2.CH4O/c10-9(11,8(12)13)6-7-4-2-1-3-5-7;1-2/h1-5H,6,11H2,(H,12,13);2H,1H3/t9-;/m0./s1. The number of aliphatic carboxylic acids is 1. The van der Waals surface area contributed by atoms with Gasteiger partial charge in [-0.3, -0.25) is 0 Å². The molecule has 0 bridgehead atoms. The lowest BCUT2D eigenvalue weighted by Crippen LogP contribution is -2.44. The van der Waals surface area contributed by atoms with Gasteiger partial charge < -0.3 is 15.9 Å². The molecule has 0 saturated carbocycles. The summed E-state index contributed by atoms with van der Waals surface area (Å²) in [6.07, 6.45) is 0.116. The van der Waals surface area contributed by atoms with E-state index in [4.69, 9.17) is 27.5 Å². The highest BCUT2D eigenvalue weighted by molar-refractivity contribution is 6.33. The first-order valence-electron chi connectivity index (χ1n) is 4.22. The Balaban J connectivity index is 0.000000921. The Kier molecular flexibility index (Phi) is 5.93. The molecule has 1 aromatic rings. The second-order valence-electron chi connectivity index (χ2n) is 2.83. The summed E-state index contributed by atoms with van der Waals surface area (Å²) in [7, 11) is 1.00. The molecule has 1 atom stereocenters. The second kappa shape index (κ2) is 6.40. The Morgan fingerprint density at radius 1 is 1.40 bits per heavy atom. The number of hydrogen-bond acceptors (Lipinski definition) is 3. The number of alkyl halides is 1. The van der Waals surface area contributed by atoms with Crippen molar-refractivity contribution in [2.45, 2.75) is 11.4 Å². The normalized spacial score (nSPS) is 13.3. The molecule has 15 heavy (non-hydrogen) atoms. The number of halogens is 1. The molecule has 4 N–H and O–H groups in total. The third-order valence-corrected chi connectivity index (χ3v) is 1.96. The first kappa shape index (κ1) is 13.9. The van der Waals surface area contributed by atoms with E-state index in [2.05, 4.69) is 0 Å². The summed E-state index contributed by atoms with van der Waals surface area (Å²) in [5, 5.41) is 15.6. The molecule has 0 fully saturated rings. The van der Waals surface area contributed by atoms with Gasteiger partial charge in [-0.15, -0.1) is 0 Å². The smallest absolute Gasteiger partial charge is 0.339 e. The molecule has 0 amide bonds. The number of hydrogen-bond donors (Lipinski definition) is 3. The van der Waals surface area contributed by atoms with E-state index in [1.54, 1.807) is 12.1 Å². The number of carbonyl (C=O) groups is 1. The highest BCUT2D eigenvalue weighted by atomic mass is 35.5. The summed E-state index contributed by atoms with van der Waals surface area (Å²) in [5.74, 6) is -1.21. The van der Waals surface area contributed by atoms with Crippen LogP contribution in [0.25, 0.3) is 0 Å². The minimum atomic E-state index is -1.71. The molecule has 0 radical (unpaired) electrons. The number of rotatable bonds is 3. The Bertz CT molecular complexity index is 301. The summed E-state index contributed by atoms with van der Waals surface area (Å²) >= 11 is 5.58. The topological polar surface area (TPSA) is 83.5 Å². The largest absolute Gasteiger partial charge is 0.479 e. The zero-order chi connectivity index (χ0) is 11.9. The maximum atomic E-state index is 10.6. The SMILES string of the molecule is CO.N[C@@](Cl)(Cc1ccccc1)C(=O)O. The molecule has 1 rings (SSSR count). The molecule has 0 aliphatic rings. The molecule has 0 unspecified atom stereocenters. The molecule has 4 nitrogen and oxygen atoms in total. The quantitative estimate of drug-likeness (QED) is 0.531. The van der Waals surface area contributed by atoms with Crippen LogP contribution < -0.4 is 5.73 Å². The minimum Gasteiger partial charge on any atom is -0.479 e. The average molecular weight is 232 g/mol. The fourth-order valence-corrected chi connectivity index (χ4v) is 1.12. The molecule has 0 aromatic heterocycles. The number of aliphatic hydroxyl groups excluding tert-OH is 1. The third-order valence-electron chi connectivity index (χ3n) is 1.66. The highest BCUT2D eigenvalue weighted by Gasteiger charge is 2.30. The predicted octanol–water partition coefficient (Wildman–Crippen LogP) is 0.816. The van der Waals surface area contributed by atoms with Crippen molar-refractivity contribution < 1.29 is 15.0 Å². The molecule has 0 spiro atoms. The van der Waals surface area contributed by atoms with Gasteiger partial charge in [-0.05, 0) is 5.56 Å². The Morgan fingerprint density at radius 2 is 1.87 bits per heavy atom. The molecule has 84 valence electrons. The summed E-state index contributed by atoms with van der Waals surface area (Å²) in [6, 6.07) is 9.03. The number of carboxylic acid groups (broad SMARTS) is 1. The first-order chi connectivity index (χ1) is 7.02. The van der Waals surface area contributed by atoms with E-state index in [1.807, 2.05) is 18.2 Å². The molecular weight excluding hydrogens is 218 g/mol. The third kappa shape index (κ3) is 4.78. The molecular formula is C10H14ClNO3. The van der Waals surface area contributed by atoms with Gasteiger partial charge in [-0.1, -0.05) is 41.9 Å². The number of benzene rings is 1. The first-order valence-corrected chi connectivity index (χ1v) is 4.60. The van der Waals surface area contributed by atoms with Crippen molar-refractivity contribution in [2.75, 3.05) is 7.11 Å². The lowest BCUT2D eigenvalue weighted by Gasteiger charge is -2.15. The van der Waals surface area contributed by atoms with Gasteiger partial charge in [-0.25, -0.2) is 4.79 Å². The van der Waals surface area contributed by atoms with Gasteiger partial charge in [0.1, 0.15) is 0 Å². The van der Waals surface area contributed by atoms with Crippen LogP contribution in [0.15, 0.2) is 30.3 Å². The van der Waals surface area contributed by atoms with Gasteiger partial charge in [0.25, 0.3) is 0 Å². The highest BCUT2D eigenvalue weighted by Crippen LogP contribution is 2.15. The van der Waals surface area contributed by atoms with Crippen LogP contribution in [0.1, 0.15) is 5.56 Å². The van der Waals surface area contributed by atoms with Crippen molar-refractivity contribution in [1.82, 2.24) is 0 Å².